The first kappa shape index (κ1) is 15.3. The lowest BCUT2D eigenvalue weighted by Crippen LogP contribution is -2.06. The highest BCUT2D eigenvalue weighted by Gasteiger charge is 2.16. The molecule has 0 amide bonds. The molecule has 24 heavy (non-hydrogen) atoms. The fraction of sp³-hybridized carbons (Fsp3) is 0.0556. The van der Waals surface area contributed by atoms with Crippen LogP contribution in [0.5, 0.6) is 5.75 Å². The fourth-order valence-electron chi connectivity index (χ4n) is 2.36. The Morgan fingerprint density at radius 2 is 1.67 bits per heavy atom. The van der Waals surface area contributed by atoms with Gasteiger partial charge in [-0.15, -0.1) is 0 Å². The maximum Gasteiger partial charge on any atom is 0.222 e. The van der Waals surface area contributed by atoms with Gasteiger partial charge in [0, 0.05) is 5.56 Å². The lowest BCUT2D eigenvalue weighted by molar-refractivity contribution is 0.306. The van der Waals surface area contributed by atoms with Crippen molar-refractivity contribution in [1.29, 1.82) is 5.26 Å². The third kappa shape index (κ3) is 3.10. The molecule has 3 rings (SSSR count). The number of para-hydroxylation sites is 1. The smallest absolute Gasteiger partial charge is 0.222 e. The Morgan fingerprint density at radius 1 is 0.958 bits per heavy atom. The van der Waals surface area contributed by atoms with Crippen LogP contribution in [0.4, 0.5) is 11.8 Å². The molecule has 0 fully saturated rings. The summed E-state index contributed by atoms with van der Waals surface area (Å²) < 4.78 is 5.80. The first-order chi connectivity index (χ1) is 11.7. The van der Waals surface area contributed by atoms with E-state index in [1.54, 1.807) is 0 Å². The molecule has 0 bridgehead atoms. The summed E-state index contributed by atoms with van der Waals surface area (Å²) in [6, 6.07) is 19.1. The molecule has 6 heteroatoms. The van der Waals surface area contributed by atoms with Gasteiger partial charge in [0.05, 0.1) is 5.69 Å². The summed E-state index contributed by atoms with van der Waals surface area (Å²) in [5.41, 5.74) is 13.7. The fourth-order valence-corrected chi connectivity index (χ4v) is 2.36. The molecule has 0 aliphatic rings. The monoisotopic (exact) mass is 317 g/mol. The number of nitrogens with two attached hydrogens (primary N) is 2. The molecule has 0 aliphatic carbocycles. The van der Waals surface area contributed by atoms with E-state index in [9.17, 15) is 5.26 Å². The van der Waals surface area contributed by atoms with Gasteiger partial charge in [-0.2, -0.15) is 10.2 Å². The summed E-state index contributed by atoms with van der Waals surface area (Å²) in [5, 5.41) is 9.37. The standard InChI is InChI=1S/C18H15N5O/c19-10-15-16(22-18(21)23-17(15)20)14-9-5-4-6-12(14)11-24-13-7-2-1-3-8-13/h1-9H,11H2,(H4,20,21,22,23). The zero-order valence-electron chi connectivity index (χ0n) is 12.8. The SMILES string of the molecule is N#Cc1c(N)nc(N)nc1-c1ccccc1COc1ccccc1. The van der Waals surface area contributed by atoms with Crippen LogP contribution < -0.4 is 16.2 Å². The molecule has 0 aliphatic heterocycles. The van der Waals surface area contributed by atoms with Gasteiger partial charge in [-0.25, -0.2) is 4.98 Å². The maximum atomic E-state index is 9.37. The molecule has 4 N–H and O–H groups in total. The topological polar surface area (TPSA) is 111 Å². The van der Waals surface area contributed by atoms with Crippen LogP contribution in [0.1, 0.15) is 11.1 Å². The molecule has 1 aromatic heterocycles. The van der Waals surface area contributed by atoms with Gasteiger partial charge in [0.15, 0.2) is 0 Å². The molecular weight excluding hydrogens is 302 g/mol. The van der Waals surface area contributed by atoms with Gasteiger partial charge in [-0.05, 0) is 17.7 Å². The van der Waals surface area contributed by atoms with Crippen LogP contribution in [0.3, 0.4) is 0 Å². The van der Waals surface area contributed by atoms with Crippen LogP contribution in [0.2, 0.25) is 0 Å². The first-order valence-corrected chi connectivity index (χ1v) is 7.28. The number of nitrogen functional groups attached to an aromatic ring is 2. The van der Waals surface area contributed by atoms with Crippen molar-refractivity contribution in [3.63, 3.8) is 0 Å². The molecule has 3 aromatic rings. The second kappa shape index (κ2) is 6.67. The van der Waals surface area contributed by atoms with E-state index in [0.29, 0.717) is 12.3 Å². The number of ether oxygens (including phenoxy) is 1. The largest absolute Gasteiger partial charge is 0.489 e. The van der Waals surface area contributed by atoms with E-state index in [0.717, 1.165) is 16.9 Å². The minimum Gasteiger partial charge on any atom is -0.489 e. The molecule has 0 radical (unpaired) electrons. The zero-order valence-corrected chi connectivity index (χ0v) is 12.8. The van der Waals surface area contributed by atoms with Gasteiger partial charge >= 0.3 is 0 Å². The molecule has 2 aromatic carbocycles. The van der Waals surface area contributed by atoms with Crippen molar-refractivity contribution in [3.05, 3.63) is 65.7 Å². The minimum atomic E-state index is 0.0280. The predicted molar refractivity (Wildman–Crippen MR) is 91.8 cm³/mol. The van der Waals surface area contributed by atoms with Gasteiger partial charge in [-0.3, -0.25) is 0 Å². The second-order valence-electron chi connectivity index (χ2n) is 5.06. The van der Waals surface area contributed by atoms with Crippen molar-refractivity contribution in [1.82, 2.24) is 9.97 Å². The van der Waals surface area contributed by atoms with Crippen molar-refractivity contribution in [2.75, 3.05) is 11.5 Å². The normalized spacial score (nSPS) is 10.1. The van der Waals surface area contributed by atoms with Gasteiger partial charge in [-0.1, -0.05) is 42.5 Å². The molecule has 0 spiro atoms. The number of hydrogen-bond acceptors (Lipinski definition) is 6. The van der Waals surface area contributed by atoms with Gasteiger partial charge in [0.25, 0.3) is 0 Å². The Balaban J connectivity index is 2.00. The van der Waals surface area contributed by atoms with Crippen molar-refractivity contribution in [2.45, 2.75) is 6.61 Å². The molecular formula is C18H15N5O. The number of benzene rings is 2. The van der Waals surface area contributed by atoms with E-state index in [-0.39, 0.29) is 17.3 Å². The van der Waals surface area contributed by atoms with Crippen molar-refractivity contribution in [2.24, 2.45) is 0 Å². The van der Waals surface area contributed by atoms with Crippen LogP contribution in [0, 0.1) is 11.3 Å². The first-order valence-electron chi connectivity index (χ1n) is 7.28. The van der Waals surface area contributed by atoms with Crippen molar-refractivity contribution < 1.29 is 4.74 Å². The zero-order chi connectivity index (χ0) is 16.9. The third-order valence-corrected chi connectivity index (χ3v) is 3.48. The van der Waals surface area contributed by atoms with E-state index >= 15 is 0 Å². The van der Waals surface area contributed by atoms with Gasteiger partial charge < -0.3 is 16.2 Å². The molecule has 6 nitrogen and oxygen atoms in total. The summed E-state index contributed by atoms with van der Waals surface area (Å²) in [4.78, 5) is 8.04. The van der Waals surface area contributed by atoms with E-state index in [4.69, 9.17) is 16.2 Å². The Kier molecular flexibility index (Phi) is 4.25. The van der Waals surface area contributed by atoms with E-state index in [1.165, 1.54) is 0 Å². The number of rotatable bonds is 4. The lowest BCUT2D eigenvalue weighted by Gasteiger charge is -2.12. The number of aromatic nitrogens is 2. The highest BCUT2D eigenvalue weighted by Crippen LogP contribution is 2.29. The van der Waals surface area contributed by atoms with Crippen LogP contribution in [-0.4, -0.2) is 9.97 Å². The number of hydrogen-bond donors (Lipinski definition) is 2. The Hall–Kier alpha value is -3.59. The molecule has 1 heterocycles. The average Bonchev–Trinajstić information content (AvgIpc) is 2.60. The summed E-state index contributed by atoms with van der Waals surface area (Å²) in [6.07, 6.45) is 0. The van der Waals surface area contributed by atoms with Gasteiger partial charge in [0.1, 0.15) is 29.8 Å². The van der Waals surface area contributed by atoms with Crippen LogP contribution >= 0.6 is 0 Å². The van der Waals surface area contributed by atoms with E-state index in [2.05, 4.69) is 9.97 Å². The molecule has 0 saturated carbocycles. The summed E-state index contributed by atoms with van der Waals surface area (Å²) in [7, 11) is 0. The molecule has 0 unspecified atom stereocenters. The summed E-state index contributed by atoms with van der Waals surface area (Å²) in [5.74, 6) is 0.855. The van der Waals surface area contributed by atoms with Crippen LogP contribution in [-0.2, 0) is 6.61 Å². The van der Waals surface area contributed by atoms with E-state index < -0.39 is 0 Å². The van der Waals surface area contributed by atoms with Gasteiger partial charge in [0.2, 0.25) is 5.95 Å². The molecule has 0 atom stereocenters. The second-order valence-corrected chi connectivity index (χ2v) is 5.06. The molecule has 0 saturated heterocycles. The summed E-state index contributed by atoms with van der Waals surface area (Å²) >= 11 is 0. The van der Waals surface area contributed by atoms with E-state index in [1.807, 2.05) is 60.7 Å². The quantitative estimate of drug-likeness (QED) is 0.765. The third-order valence-electron chi connectivity index (χ3n) is 3.48. The predicted octanol–water partition coefficient (Wildman–Crippen LogP) is 2.76. The minimum absolute atomic E-state index is 0.0280. The Bertz CT molecular complexity index is 903. The Morgan fingerprint density at radius 3 is 2.42 bits per heavy atom. The maximum absolute atomic E-state index is 9.37. The number of anilines is 2. The van der Waals surface area contributed by atoms with Crippen molar-refractivity contribution >= 4 is 11.8 Å². The van der Waals surface area contributed by atoms with Crippen LogP contribution in [0.15, 0.2) is 54.6 Å². The van der Waals surface area contributed by atoms with Crippen molar-refractivity contribution in [3.8, 4) is 23.1 Å². The molecule has 118 valence electrons. The highest BCUT2D eigenvalue weighted by atomic mass is 16.5. The summed E-state index contributed by atoms with van der Waals surface area (Å²) in [6.45, 7) is 0.328. The lowest BCUT2D eigenvalue weighted by atomic mass is 10.0. The Labute approximate surface area is 139 Å². The number of nitriles is 1. The number of nitrogens with zero attached hydrogens (tertiary/aromatic N) is 3. The highest BCUT2D eigenvalue weighted by molar-refractivity contribution is 5.75. The average molecular weight is 317 g/mol. The van der Waals surface area contributed by atoms with Crippen LogP contribution in [0.25, 0.3) is 11.3 Å².